The normalized spacial score (nSPS) is 14.0. The van der Waals surface area contributed by atoms with Crippen molar-refractivity contribution in [1.29, 1.82) is 0 Å². The van der Waals surface area contributed by atoms with E-state index >= 15 is 0 Å². The molecule has 3 atom stereocenters. The van der Waals surface area contributed by atoms with Crippen LogP contribution in [-0.4, -0.2) is 66.5 Å². The van der Waals surface area contributed by atoms with E-state index in [1.54, 1.807) is 6.08 Å². The van der Waals surface area contributed by atoms with Gasteiger partial charge in [0.2, 0.25) is 0 Å². The lowest BCUT2D eigenvalue weighted by Gasteiger charge is -2.21. The van der Waals surface area contributed by atoms with Gasteiger partial charge in [-0.15, -0.1) is 0 Å². The summed E-state index contributed by atoms with van der Waals surface area (Å²) in [7, 11) is -4.76. The first kappa shape index (κ1) is 63.2. The zero-order chi connectivity index (χ0) is 48.4. The summed E-state index contributed by atoms with van der Waals surface area (Å²) in [5.41, 5.74) is 0. The van der Waals surface area contributed by atoms with Crippen LogP contribution in [0.4, 0.5) is 0 Å². The standard InChI is InChI=1S/C54H95O11P/c1-4-7-10-13-16-19-21-23-25-27-29-32-34-37-40-43-52(56)61-47-51(65-54(58)45-42-39-36-33-30-28-26-24-22-20-17-14-11-8-5-2)49-63-66(59,60)62-48-50(46-55)64-53(57)44-41-38-35-31-18-15-12-9-6-3/h8,11,17,20,24,26,30,33,39,42,50-51,55H,4-7,9-10,12-16,18-19,21-23,25,27-29,31-32,34-38,40-41,43-49H2,1-3H3,(H,59,60)/b11-8-,20-17-,26-24-,33-30-,42-39-. The summed E-state index contributed by atoms with van der Waals surface area (Å²) < 4.78 is 39.2. The molecule has 0 radical (unpaired) electrons. The van der Waals surface area contributed by atoms with Gasteiger partial charge < -0.3 is 24.2 Å². The minimum absolute atomic E-state index is 0.0625. The third-order valence-electron chi connectivity index (χ3n) is 11.0. The first-order valence-corrected chi connectivity index (χ1v) is 27.7. The summed E-state index contributed by atoms with van der Waals surface area (Å²) in [6, 6.07) is 0. The van der Waals surface area contributed by atoms with Crippen LogP contribution in [0.2, 0.25) is 0 Å². The molecule has 0 saturated heterocycles. The molecule has 66 heavy (non-hydrogen) atoms. The second-order valence-corrected chi connectivity index (χ2v) is 18.8. The number of unbranched alkanes of at least 4 members (excludes halogenated alkanes) is 22. The van der Waals surface area contributed by atoms with Gasteiger partial charge >= 0.3 is 25.7 Å². The Kier molecular flexibility index (Phi) is 46.6. The highest BCUT2D eigenvalue weighted by Gasteiger charge is 2.28. The molecule has 3 unspecified atom stereocenters. The third-order valence-corrected chi connectivity index (χ3v) is 11.9. The van der Waals surface area contributed by atoms with Gasteiger partial charge in [0, 0.05) is 12.8 Å². The first-order valence-electron chi connectivity index (χ1n) is 26.2. The van der Waals surface area contributed by atoms with E-state index in [-0.39, 0.29) is 25.9 Å². The van der Waals surface area contributed by atoms with E-state index in [1.165, 1.54) is 103 Å². The number of ether oxygens (including phenoxy) is 3. The molecule has 382 valence electrons. The van der Waals surface area contributed by atoms with Crippen molar-refractivity contribution >= 4 is 25.7 Å². The number of hydrogen-bond acceptors (Lipinski definition) is 10. The van der Waals surface area contributed by atoms with Gasteiger partial charge in [-0.3, -0.25) is 23.4 Å². The molecule has 0 rings (SSSR count). The van der Waals surface area contributed by atoms with Gasteiger partial charge in [-0.05, 0) is 44.9 Å². The highest BCUT2D eigenvalue weighted by atomic mass is 31.2. The fourth-order valence-electron chi connectivity index (χ4n) is 7.02. The van der Waals surface area contributed by atoms with Crippen LogP contribution >= 0.6 is 7.82 Å². The van der Waals surface area contributed by atoms with Crippen molar-refractivity contribution < 1.29 is 52.2 Å². The van der Waals surface area contributed by atoms with Crippen LogP contribution in [-0.2, 0) is 42.2 Å². The summed E-state index contributed by atoms with van der Waals surface area (Å²) in [6.45, 7) is 4.39. The number of carbonyl (C=O) groups is 3. The fraction of sp³-hybridized carbons (Fsp3) is 0.759. The highest BCUT2D eigenvalue weighted by Crippen LogP contribution is 2.43. The lowest BCUT2D eigenvalue weighted by atomic mass is 10.0. The molecule has 2 N–H and O–H groups in total. The van der Waals surface area contributed by atoms with Crippen molar-refractivity contribution in [2.75, 3.05) is 26.4 Å². The van der Waals surface area contributed by atoms with Gasteiger partial charge in [-0.25, -0.2) is 4.57 Å². The van der Waals surface area contributed by atoms with Crippen LogP contribution in [0, 0.1) is 0 Å². The largest absolute Gasteiger partial charge is 0.472 e. The summed E-state index contributed by atoms with van der Waals surface area (Å²) in [4.78, 5) is 48.2. The molecule has 0 heterocycles. The topological polar surface area (TPSA) is 155 Å². The number of hydrogen-bond donors (Lipinski definition) is 2. The second-order valence-electron chi connectivity index (χ2n) is 17.3. The second kappa shape index (κ2) is 48.6. The smallest absolute Gasteiger partial charge is 0.462 e. The van der Waals surface area contributed by atoms with Crippen LogP contribution in [0.1, 0.15) is 226 Å². The van der Waals surface area contributed by atoms with Gasteiger partial charge in [0.25, 0.3) is 0 Å². The monoisotopic (exact) mass is 951 g/mol. The van der Waals surface area contributed by atoms with E-state index in [4.69, 9.17) is 23.3 Å². The number of aliphatic hydroxyl groups excluding tert-OH is 1. The van der Waals surface area contributed by atoms with Gasteiger partial charge in [-0.1, -0.05) is 223 Å². The van der Waals surface area contributed by atoms with Crippen molar-refractivity contribution in [2.45, 2.75) is 238 Å². The summed E-state index contributed by atoms with van der Waals surface area (Å²) in [5.74, 6) is -1.61. The van der Waals surface area contributed by atoms with Crippen LogP contribution in [0.5, 0.6) is 0 Å². The Balaban J connectivity index is 4.85. The Morgan fingerprint density at radius 2 is 0.788 bits per heavy atom. The maximum atomic E-state index is 12.8. The fourth-order valence-corrected chi connectivity index (χ4v) is 7.80. The molecule has 0 aliphatic rings. The molecule has 0 fully saturated rings. The van der Waals surface area contributed by atoms with Gasteiger partial charge in [0.05, 0.1) is 26.2 Å². The molecule has 11 nitrogen and oxygen atoms in total. The number of allylic oxidation sites excluding steroid dienone is 9. The zero-order valence-corrected chi connectivity index (χ0v) is 42.8. The Hall–Kier alpha value is -2.82. The van der Waals surface area contributed by atoms with Gasteiger partial charge in [0.1, 0.15) is 12.7 Å². The summed E-state index contributed by atoms with van der Waals surface area (Å²) >= 11 is 0. The van der Waals surface area contributed by atoms with E-state index in [0.29, 0.717) is 19.3 Å². The van der Waals surface area contributed by atoms with Crippen LogP contribution in [0.15, 0.2) is 60.8 Å². The predicted molar refractivity (Wildman–Crippen MR) is 270 cm³/mol. The van der Waals surface area contributed by atoms with Crippen molar-refractivity contribution in [3.8, 4) is 0 Å². The summed E-state index contributed by atoms with van der Waals surface area (Å²) in [5, 5.41) is 9.74. The lowest BCUT2D eigenvalue weighted by molar-refractivity contribution is -0.160. The van der Waals surface area contributed by atoms with E-state index in [2.05, 4.69) is 63.3 Å². The Bertz CT molecular complexity index is 1340. The molecule has 0 aromatic carbocycles. The molecule has 0 saturated carbocycles. The maximum Gasteiger partial charge on any atom is 0.472 e. The van der Waals surface area contributed by atoms with Crippen molar-refractivity contribution in [3.05, 3.63) is 60.8 Å². The molecule has 0 aromatic rings. The molecule has 0 bridgehead atoms. The minimum atomic E-state index is -4.76. The molecule has 12 heteroatoms. The Labute approximate surface area is 402 Å². The SMILES string of the molecule is CC/C=C\C/C=C\C/C=C\C/C=C\C/C=C\CC(=O)OC(COC(=O)CCCCCCCCCCCCCCCCC)COP(=O)(O)OCC(CO)OC(=O)CCCCCCCCCCC. The Morgan fingerprint density at radius 3 is 1.20 bits per heavy atom. The molecule has 0 amide bonds. The average Bonchev–Trinajstić information content (AvgIpc) is 3.30. The number of aliphatic hydroxyl groups is 1. The quantitative estimate of drug-likeness (QED) is 0.0197. The van der Waals surface area contributed by atoms with E-state index < -0.39 is 57.8 Å². The van der Waals surface area contributed by atoms with E-state index in [9.17, 15) is 28.9 Å². The van der Waals surface area contributed by atoms with Crippen molar-refractivity contribution in [2.24, 2.45) is 0 Å². The molecule has 0 aliphatic heterocycles. The molecular weight excluding hydrogens is 856 g/mol. The molecule has 0 aliphatic carbocycles. The number of phosphoric ester groups is 1. The van der Waals surface area contributed by atoms with Crippen molar-refractivity contribution in [3.63, 3.8) is 0 Å². The highest BCUT2D eigenvalue weighted by molar-refractivity contribution is 7.47. The molecular formula is C54H95O11P. The number of esters is 3. The number of phosphoric acid groups is 1. The molecule has 0 spiro atoms. The summed E-state index contributed by atoms with van der Waals surface area (Å²) in [6.07, 6.45) is 50.9. The predicted octanol–water partition coefficient (Wildman–Crippen LogP) is 14.8. The molecule has 0 aromatic heterocycles. The first-order chi connectivity index (χ1) is 32.2. The number of rotatable bonds is 48. The van der Waals surface area contributed by atoms with Crippen molar-refractivity contribution in [1.82, 2.24) is 0 Å². The Morgan fingerprint density at radius 1 is 0.439 bits per heavy atom. The average molecular weight is 951 g/mol. The van der Waals surface area contributed by atoms with Crippen LogP contribution in [0.3, 0.4) is 0 Å². The minimum Gasteiger partial charge on any atom is -0.462 e. The van der Waals surface area contributed by atoms with Gasteiger partial charge in [0.15, 0.2) is 6.10 Å². The number of carbonyl (C=O) groups excluding carboxylic acids is 3. The third kappa shape index (κ3) is 46.3. The zero-order valence-electron chi connectivity index (χ0n) is 41.9. The van der Waals surface area contributed by atoms with E-state index in [1.807, 2.05) is 12.2 Å². The van der Waals surface area contributed by atoms with E-state index in [0.717, 1.165) is 64.2 Å². The van der Waals surface area contributed by atoms with Crippen LogP contribution in [0.25, 0.3) is 0 Å². The van der Waals surface area contributed by atoms with Crippen LogP contribution < -0.4 is 0 Å². The van der Waals surface area contributed by atoms with Gasteiger partial charge in [-0.2, -0.15) is 0 Å². The lowest BCUT2D eigenvalue weighted by Crippen LogP contribution is -2.30. The maximum absolute atomic E-state index is 12.8.